The number of alkyl halides is 6. The molecular weight excluding hydrogens is 779 g/mol. The molecule has 1 nitrogen and oxygen atoms in total. The van der Waals surface area contributed by atoms with E-state index >= 15 is 0 Å². The predicted molar refractivity (Wildman–Crippen MR) is 236 cm³/mol. The van der Waals surface area contributed by atoms with Gasteiger partial charge in [0.05, 0.1) is 0 Å². The fraction of sp³-hybridized carbons (Fsp3) is 0.333. The quantitative estimate of drug-likeness (QED) is 0.112. The van der Waals surface area contributed by atoms with Crippen molar-refractivity contribution in [3.63, 3.8) is 0 Å². The summed E-state index contributed by atoms with van der Waals surface area (Å²) in [6, 6.07) is 32.4. The summed E-state index contributed by atoms with van der Waals surface area (Å²) < 4.78 is 95.2. The van der Waals surface area contributed by atoms with Crippen molar-refractivity contribution in [2.24, 2.45) is 0 Å². The fourth-order valence-electron chi connectivity index (χ4n) is 8.53. The predicted octanol–water partition coefficient (Wildman–Crippen LogP) is 15.3. The molecule has 0 aromatic heterocycles. The molecule has 0 N–H and O–H groups in total. The van der Waals surface area contributed by atoms with E-state index in [-0.39, 0.29) is 5.41 Å². The third-order valence-electron chi connectivity index (χ3n) is 13.0. The number of benzene rings is 6. The van der Waals surface area contributed by atoms with Crippen molar-refractivity contribution >= 4 is 0 Å². The summed E-state index contributed by atoms with van der Waals surface area (Å²) in [5.74, 6) is 1.67. The third kappa shape index (κ3) is 9.17. The SMILES string of the molecule is Cc1ccc(Oc2ccc(CCc3ccc(C(C)(C)c4ccc(CCc5ccc(C(c6ccc(C)c(C)c6)(C(F)(F)F)C(F)(F)F)cc5C)c(C)c4)cc3C)c(C)c2)cc1C. The lowest BCUT2D eigenvalue weighted by Crippen LogP contribution is -2.54. The molecule has 7 heteroatoms. The summed E-state index contributed by atoms with van der Waals surface area (Å²) in [5, 5.41) is 0. The lowest BCUT2D eigenvalue weighted by atomic mass is 9.71. The number of aryl methyl sites for hydroxylation is 12. The van der Waals surface area contributed by atoms with Gasteiger partial charge in [-0.25, -0.2) is 0 Å². The Morgan fingerprint density at radius 2 is 0.639 bits per heavy atom. The van der Waals surface area contributed by atoms with Crippen LogP contribution in [0.5, 0.6) is 11.5 Å². The minimum Gasteiger partial charge on any atom is -0.457 e. The van der Waals surface area contributed by atoms with Crippen LogP contribution in [0, 0.1) is 55.4 Å². The minimum atomic E-state index is -5.63. The number of rotatable bonds is 12. The van der Waals surface area contributed by atoms with Crippen LogP contribution in [0.3, 0.4) is 0 Å². The highest BCUT2D eigenvalue weighted by atomic mass is 19.4. The molecule has 6 aromatic carbocycles. The summed E-state index contributed by atoms with van der Waals surface area (Å²) in [6.07, 6.45) is -8.37. The maximum Gasteiger partial charge on any atom is 0.411 e. The summed E-state index contributed by atoms with van der Waals surface area (Å²) in [6.45, 7) is 19.7. The number of hydrogen-bond acceptors (Lipinski definition) is 1. The van der Waals surface area contributed by atoms with Crippen molar-refractivity contribution in [1.82, 2.24) is 0 Å². The molecule has 0 fully saturated rings. The van der Waals surface area contributed by atoms with Gasteiger partial charge in [-0.05, 0) is 194 Å². The van der Waals surface area contributed by atoms with Crippen LogP contribution in [-0.4, -0.2) is 12.4 Å². The van der Waals surface area contributed by atoms with E-state index in [1.165, 1.54) is 58.0 Å². The van der Waals surface area contributed by atoms with Gasteiger partial charge in [-0.3, -0.25) is 0 Å². The van der Waals surface area contributed by atoms with E-state index in [2.05, 4.69) is 102 Å². The third-order valence-corrected chi connectivity index (χ3v) is 13.0. The molecule has 0 radical (unpaired) electrons. The molecule has 0 bridgehead atoms. The smallest absolute Gasteiger partial charge is 0.411 e. The Bertz CT molecular complexity index is 2540. The van der Waals surface area contributed by atoms with Crippen molar-refractivity contribution in [3.05, 3.63) is 198 Å². The molecule has 0 aliphatic rings. The van der Waals surface area contributed by atoms with Crippen LogP contribution in [-0.2, 0) is 36.5 Å². The molecule has 0 saturated heterocycles. The average molecular weight is 835 g/mol. The Balaban J connectivity index is 1.14. The first-order valence-electron chi connectivity index (χ1n) is 20.9. The summed E-state index contributed by atoms with van der Waals surface area (Å²) in [7, 11) is 0. The van der Waals surface area contributed by atoms with Crippen molar-refractivity contribution < 1.29 is 31.1 Å². The van der Waals surface area contributed by atoms with Crippen molar-refractivity contribution in [1.29, 1.82) is 0 Å². The van der Waals surface area contributed by atoms with Crippen LogP contribution >= 0.6 is 0 Å². The first kappa shape index (κ1) is 45.2. The minimum absolute atomic E-state index is 0.291. The zero-order valence-electron chi connectivity index (χ0n) is 36.9. The van der Waals surface area contributed by atoms with Crippen LogP contribution in [0.15, 0.2) is 109 Å². The number of halogens is 6. The van der Waals surface area contributed by atoms with Gasteiger partial charge in [0.15, 0.2) is 0 Å². The highest BCUT2D eigenvalue weighted by molar-refractivity contribution is 5.50. The molecule has 0 unspecified atom stereocenters. The topological polar surface area (TPSA) is 9.23 Å². The first-order valence-corrected chi connectivity index (χ1v) is 20.9. The van der Waals surface area contributed by atoms with E-state index in [0.717, 1.165) is 65.3 Å². The Kier molecular flexibility index (Phi) is 12.8. The fourth-order valence-corrected chi connectivity index (χ4v) is 8.53. The second kappa shape index (κ2) is 17.2. The van der Waals surface area contributed by atoms with Crippen LogP contribution in [0.1, 0.15) is 103 Å². The zero-order chi connectivity index (χ0) is 44.7. The summed E-state index contributed by atoms with van der Waals surface area (Å²) in [5.41, 5.74) is 7.94. The van der Waals surface area contributed by atoms with Crippen LogP contribution in [0.25, 0.3) is 0 Å². The molecule has 0 amide bonds. The van der Waals surface area contributed by atoms with Gasteiger partial charge in [-0.2, -0.15) is 26.3 Å². The molecule has 6 rings (SSSR count). The number of ether oxygens (including phenoxy) is 1. The second-order valence-corrected chi connectivity index (χ2v) is 17.5. The van der Waals surface area contributed by atoms with E-state index in [0.29, 0.717) is 35.1 Å². The molecule has 0 heterocycles. The Labute approximate surface area is 357 Å². The van der Waals surface area contributed by atoms with Gasteiger partial charge in [-0.1, -0.05) is 98.8 Å². The Morgan fingerprint density at radius 1 is 0.344 bits per heavy atom. The summed E-state index contributed by atoms with van der Waals surface area (Å²) in [4.78, 5) is 0. The standard InChI is InChI=1S/C54H56F6O/c1-33-11-21-47(27-35(33)3)52(53(55,56)57,54(58,59)60)48-24-19-43(39(7)30-48)14-13-41-17-22-45(28-37(41)5)51(9,10)46-23-18-42(38(6)29-46)15-16-44-20-26-50(32-40(44)8)61-49-25-12-34(2)36(4)31-49/h11-12,17-32H,13-16H2,1-10H3. The van der Waals surface area contributed by atoms with E-state index in [4.69, 9.17) is 4.74 Å². The highest BCUT2D eigenvalue weighted by Gasteiger charge is 2.72. The van der Waals surface area contributed by atoms with Gasteiger partial charge in [0.25, 0.3) is 0 Å². The molecule has 0 saturated carbocycles. The van der Waals surface area contributed by atoms with Gasteiger partial charge >= 0.3 is 12.4 Å². The lowest BCUT2D eigenvalue weighted by molar-refractivity contribution is -0.288. The maximum absolute atomic E-state index is 14.8. The normalized spacial score (nSPS) is 12.5. The van der Waals surface area contributed by atoms with E-state index < -0.39 is 28.9 Å². The molecule has 320 valence electrons. The molecule has 61 heavy (non-hydrogen) atoms. The molecule has 0 spiro atoms. The van der Waals surface area contributed by atoms with Gasteiger partial charge in [0.2, 0.25) is 5.41 Å². The molecule has 6 aromatic rings. The molecule has 0 aliphatic carbocycles. The van der Waals surface area contributed by atoms with Gasteiger partial charge < -0.3 is 4.74 Å². The van der Waals surface area contributed by atoms with Crippen molar-refractivity contribution in [3.8, 4) is 11.5 Å². The Morgan fingerprint density at radius 3 is 1.02 bits per heavy atom. The number of hydrogen-bond donors (Lipinski definition) is 0. The molecule has 0 atom stereocenters. The highest BCUT2D eigenvalue weighted by Crippen LogP contribution is 2.56. The second-order valence-electron chi connectivity index (χ2n) is 17.5. The van der Waals surface area contributed by atoms with Crippen LogP contribution in [0.2, 0.25) is 0 Å². The maximum atomic E-state index is 14.8. The van der Waals surface area contributed by atoms with Gasteiger partial charge in [0.1, 0.15) is 11.5 Å². The van der Waals surface area contributed by atoms with Crippen LogP contribution in [0.4, 0.5) is 26.3 Å². The van der Waals surface area contributed by atoms with Crippen LogP contribution < -0.4 is 4.74 Å². The molecule has 0 aliphatic heterocycles. The lowest BCUT2D eigenvalue weighted by Gasteiger charge is -2.39. The zero-order valence-corrected chi connectivity index (χ0v) is 36.9. The van der Waals surface area contributed by atoms with E-state index in [1.54, 1.807) is 13.8 Å². The largest absolute Gasteiger partial charge is 0.457 e. The first-order chi connectivity index (χ1) is 28.5. The molecular formula is C54H56F6O. The van der Waals surface area contributed by atoms with Crippen molar-refractivity contribution in [2.45, 2.75) is 118 Å². The van der Waals surface area contributed by atoms with E-state index in [9.17, 15) is 26.3 Å². The summed E-state index contributed by atoms with van der Waals surface area (Å²) >= 11 is 0. The monoisotopic (exact) mass is 834 g/mol. The average Bonchev–Trinajstić information content (AvgIpc) is 3.17. The Hall–Kier alpha value is -5.30. The van der Waals surface area contributed by atoms with E-state index in [1.807, 2.05) is 19.1 Å². The van der Waals surface area contributed by atoms with Gasteiger partial charge in [0, 0.05) is 5.41 Å². The van der Waals surface area contributed by atoms with Crippen molar-refractivity contribution in [2.75, 3.05) is 0 Å². The van der Waals surface area contributed by atoms with Gasteiger partial charge in [-0.15, -0.1) is 0 Å².